The first-order valence-corrected chi connectivity index (χ1v) is 13.3. The Morgan fingerprint density at radius 3 is 2.53 bits per heavy atom. The molecular formula is C23H31F3N2O5S. The molecule has 0 spiro atoms. The van der Waals surface area contributed by atoms with Gasteiger partial charge >= 0.3 is 6.18 Å². The number of sulfonamides is 1. The Balaban J connectivity index is 1.59. The molecule has 1 aliphatic carbocycles. The quantitative estimate of drug-likeness (QED) is 0.683. The molecule has 190 valence electrons. The summed E-state index contributed by atoms with van der Waals surface area (Å²) >= 11 is 0. The summed E-state index contributed by atoms with van der Waals surface area (Å²) in [4.78, 5) is 14.6. The van der Waals surface area contributed by atoms with Gasteiger partial charge in [0.05, 0.1) is 18.8 Å². The predicted molar refractivity (Wildman–Crippen MR) is 119 cm³/mol. The van der Waals surface area contributed by atoms with E-state index in [2.05, 4.69) is 4.72 Å². The van der Waals surface area contributed by atoms with Crippen LogP contribution < -0.4 is 9.46 Å². The first-order chi connectivity index (χ1) is 16.1. The van der Waals surface area contributed by atoms with Crippen molar-refractivity contribution in [3.05, 3.63) is 29.8 Å². The number of nitrogens with one attached hydrogen (secondary N) is 1. The van der Waals surface area contributed by atoms with Crippen molar-refractivity contribution in [1.82, 2.24) is 9.62 Å². The minimum absolute atomic E-state index is 0.0460. The molecule has 1 amide bonds. The van der Waals surface area contributed by atoms with E-state index in [-0.39, 0.29) is 25.2 Å². The van der Waals surface area contributed by atoms with Crippen LogP contribution in [0.15, 0.2) is 24.3 Å². The average molecular weight is 505 g/mol. The zero-order chi connectivity index (χ0) is 24.5. The van der Waals surface area contributed by atoms with E-state index in [0.29, 0.717) is 38.0 Å². The van der Waals surface area contributed by atoms with Gasteiger partial charge in [-0.3, -0.25) is 4.79 Å². The summed E-state index contributed by atoms with van der Waals surface area (Å²) in [6, 6.07) is 6.07. The van der Waals surface area contributed by atoms with Crippen LogP contribution in [0, 0.1) is 0 Å². The molecule has 7 nitrogen and oxygen atoms in total. The van der Waals surface area contributed by atoms with Gasteiger partial charge in [0.15, 0.2) is 11.9 Å². The number of fused-ring (bicyclic) bond motifs is 5. The maximum atomic E-state index is 13.1. The average Bonchev–Trinajstić information content (AvgIpc) is 2.82. The Labute approximate surface area is 198 Å². The van der Waals surface area contributed by atoms with Gasteiger partial charge in [-0.05, 0) is 63.0 Å². The lowest BCUT2D eigenvalue weighted by atomic mass is 9.82. The smallest absolute Gasteiger partial charge is 0.406 e. The molecule has 1 saturated heterocycles. The van der Waals surface area contributed by atoms with E-state index in [9.17, 15) is 26.4 Å². The molecular weight excluding hydrogens is 473 g/mol. The Kier molecular flexibility index (Phi) is 7.44. The normalized spacial score (nSPS) is 29.6. The SMILES string of the molecule is C[C@@H](C(F)(F)F)S(=O)(=O)N[C@H]1CCCN2C(=O)COc3ccccc3[C@H]3CC[C@H](CC3)OC[C@@H]12. The molecule has 1 N–H and O–H groups in total. The highest BCUT2D eigenvalue weighted by Gasteiger charge is 2.47. The number of rotatable bonds is 3. The fourth-order valence-electron chi connectivity index (χ4n) is 5.15. The van der Waals surface area contributed by atoms with E-state index in [1.807, 2.05) is 24.3 Å². The maximum Gasteiger partial charge on any atom is 0.406 e. The van der Waals surface area contributed by atoms with Gasteiger partial charge in [-0.15, -0.1) is 0 Å². The summed E-state index contributed by atoms with van der Waals surface area (Å²) in [6.07, 6.45) is -0.760. The molecule has 1 saturated carbocycles. The molecule has 3 heterocycles. The zero-order valence-corrected chi connectivity index (χ0v) is 19.9. The van der Waals surface area contributed by atoms with Crippen LogP contribution in [0.4, 0.5) is 13.2 Å². The summed E-state index contributed by atoms with van der Waals surface area (Å²) in [5.41, 5.74) is 1.06. The van der Waals surface area contributed by atoms with Crippen molar-refractivity contribution < 1.29 is 35.9 Å². The van der Waals surface area contributed by atoms with Gasteiger partial charge in [0.2, 0.25) is 10.0 Å². The van der Waals surface area contributed by atoms with Gasteiger partial charge in [0.25, 0.3) is 5.91 Å². The Bertz CT molecular complexity index is 979. The van der Waals surface area contributed by atoms with Crippen LogP contribution >= 0.6 is 0 Å². The molecule has 34 heavy (non-hydrogen) atoms. The van der Waals surface area contributed by atoms with Crippen LogP contribution in [0.2, 0.25) is 0 Å². The molecule has 1 aromatic carbocycles. The van der Waals surface area contributed by atoms with Gasteiger partial charge in [-0.2, -0.15) is 13.2 Å². The highest BCUT2D eigenvalue weighted by atomic mass is 32.2. The minimum atomic E-state index is -4.89. The molecule has 1 aromatic rings. The Hall–Kier alpha value is -1.85. The van der Waals surface area contributed by atoms with Crippen molar-refractivity contribution in [2.75, 3.05) is 19.8 Å². The van der Waals surface area contributed by atoms with Crippen LogP contribution in [0.25, 0.3) is 0 Å². The number of piperidine rings is 1. The van der Waals surface area contributed by atoms with E-state index < -0.39 is 33.5 Å². The van der Waals surface area contributed by atoms with Crippen molar-refractivity contribution in [2.45, 2.75) is 81.0 Å². The molecule has 2 fully saturated rings. The second-order valence-corrected chi connectivity index (χ2v) is 11.4. The van der Waals surface area contributed by atoms with Crippen molar-refractivity contribution in [3.8, 4) is 5.75 Å². The standard InChI is InChI=1S/C23H31F3N2O5S/c1-15(23(24,25)26)34(30,31)27-19-6-4-12-28-20(19)13-32-17-10-8-16(9-11-17)18-5-2-3-7-21(18)33-14-22(28)29/h2-3,5,7,15-17,19-20,27H,4,6,8-14H2,1H3/t15-,16-,17+,19-,20-/m0/s1. The number of benzene rings is 1. The summed E-state index contributed by atoms with van der Waals surface area (Å²) in [5, 5.41) is -2.56. The largest absolute Gasteiger partial charge is 0.483 e. The molecule has 0 aromatic heterocycles. The molecule has 0 unspecified atom stereocenters. The highest BCUT2D eigenvalue weighted by molar-refractivity contribution is 7.90. The van der Waals surface area contributed by atoms with Gasteiger partial charge in [-0.1, -0.05) is 18.2 Å². The van der Waals surface area contributed by atoms with Crippen molar-refractivity contribution in [3.63, 3.8) is 0 Å². The van der Waals surface area contributed by atoms with Gasteiger partial charge in [0.1, 0.15) is 5.75 Å². The lowest BCUT2D eigenvalue weighted by molar-refractivity contribution is -0.140. The molecule has 0 radical (unpaired) electrons. The number of hydrogen-bond donors (Lipinski definition) is 1. The zero-order valence-electron chi connectivity index (χ0n) is 19.1. The molecule has 3 atom stereocenters. The number of nitrogens with zero attached hydrogens (tertiary/aromatic N) is 1. The first kappa shape index (κ1) is 25.2. The molecule has 4 aliphatic rings. The van der Waals surface area contributed by atoms with Crippen LogP contribution in [0.5, 0.6) is 5.75 Å². The maximum absolute atomic E-state index is 13.1. The number of ether oxygens (including phenoxy) is 2. The Morgan fingerprint density at radius 2 is 1.82 bits per heavy atom. The van der Waals surface area contributed by atoms with E-state index >= 15 is 0 Å². The Morgan fingerprint density at radius 1 is 1.12 bits per heavy atom. The van der Waals surface area contributed by atoms with Crippen molar-refractivity contribution >= 4 is 15.9 Å². The van der Waals surface area contributed by atoms with Crippen molar-refractivity contribution in [1.29, 1.82) is 0 Å². The van der Waals surface area contributed by atoms with Crippen LogP contribution in [-0.2, 0) is 19.6 Å². The highest BCUT2D eigenvalue weighted by Crippen LogP contribution is 2.39. The fraction of sp³-hybridized carbons (Fsp3) is 0.696. The summed E-state index contributed by atoms with van der Waals surface area (Å²) in [5.74, 6) is 0.616. The lowest BCUT2D eigenvalue weighted by Gasteiger charge is -2.42. The fourth-order valence-corrected chi connectivity index (χ4v) is 6.40. The van der Waals surface area contributed by atoms with E-state index in [1.54, 1.807) is 0 Å². The summed E-state index contributed by atoms with van der Waals surface area (Å²) in [7, 11) is -4.69. The number of para-hydroxylation sites is 1. The van der Waals surface area contributed by atoms with Gasteiger partial charge in [0, 0.05) is 12.6 Å². The third kappa shape index (κ3) is 5.52. The first-order valence-electron chi connectivity index (χ1n) is 11.8. The topological polar surface area (TPSA) is 84.9 Å². The summed E-state index contributed by atoms with van der Waals surface area (Å²) in [6.45, 7) is 0.806. The third-order valence-corrected chi connectivity index (χ3v) is 9.06. The van der Waals surface area contributed by atoms with Crippen LogP contribution in [-0.4, -0.2) is 68.6 Å². The molecule has 2 bridgehead atoms. The van der Waals surface area contributed by atoms with E-state index in [4.69, 9.17) is 9.47 Å². The number of amides is 1. The lowest BCUT2D eigenvalue weighted by Crippen LogP contribution is -2.61. The van der Waals surface area contributed by atoms with E-state index in [1.165, 1.54) is 4.90 Å². The van der Waals surface area contributed by atoms with Gasteiger partial charge in [-0.25, -0.2) is 13.1 Å². The van der Waals surface area contributed by atoms with Crippen molar-refractivity contribution in [2.24, 2.45) is 0 Å². The number of carbonyl (C=O) groups excluding carboxylic acids is 1. The van der Waals surface area contributed by atoms with E-state index in [0.717, 1.165) is 31.2 Å². The predicted octanol–water partition coefficient (Wildman–Crippen LogP) is 3.35. The third-order valence-electron chi connectivity index (χ3n) is 7.23. The number of hydrogen-bond acceptors (Lipinski definition) is 5. The number of halogens is 3. The summed E-state index contributed by atoms with van der Waals surface area (Å²) < 4.78 is 78.7. The van der Waals surface area contributed by atoms with Crippen LogP contribution in [0.3, 0.4) is 0 Å². The molecule has 5 rings (SSSR count). The number of carbonyl (C=O) groups is 1. The molecule has 3 aliphatic heterocycles. The molecule has 11 heteroatoms. The number of alkyl halides is 3. The second kappa shape index (κ2) is 10.0. The van der Waals surface area contributed by atoms with Gasteiger partial charge < -0.3 is 14.4 Å². The second-order valence-electron chi connectivity index (χ2n) is 9.38. The monoisotopic (exact) mass is 504 g/mol. The van der Waals surface area contributed by atoms with Crippen LogP contribution in [0.1, 0.15) is 56.9 Å². The minimum Gasteiger partial charge on any atom is -0.483 e.